The van der Waals surface area contributed by atoms with Crippen LogP contribution in [0.3, 0.4) is 0 Å². The topological polar surface area (TPSA) is 88.7 Å². The Kier molecular flexibility index (Phi) is 6.77. The van der Waals surface area contributed by atoms with E-state index in [4.69, 9.17) is 0 Å². The number of fused-ring (bicyclic) bond motifs is 1. The van der Waals surface area contributed by atoms with E-state index in [0.717, 1.165) is 42.7 Å². The van der Waals surface area contributed by atoms with Gasteiger partial charge in [0.05, 0.1) is 0 Å². The van der Waals surface area contributed by atoms with Gasteiger partial charge >= 0.3 is 12.0 Å². The van der Waals surface area contributed by atoms with E-state index in [2.05, 4.69) is 39.6 Å². The molecule has 2 fully saturated rings. The number of aliphatic carboxylic acids is 1. The Morgan fingerprint density at radius 3 is 2.46 bits per heavy atom. The Morgan fingerprint density at radius 2 is 1.74 bits per heavy atom. The summed E-state index contributed by atoms with van der Waals surface area (Å²) < 4.78 is 0. The zero-order valence-electron chi connectivity index (χ0n) is 20.2. The molecule has 7 heteroatoms. The lowest BCUT2D eigenvalue weighted by atomic mass is 9.84. The molecule has 5 rings (SSSR count). The second-order valence-corrected chi connectivity index (χ2v) is 10.0. The molecule has 35 heavy (non-hydrogen) atoms. The van der Waals surface area contributed by atoms with Crippen LogP contribution in [-0.2, 0) is 4.79 Å². The minimum Gasteiger partial charge on any atom is -0.480 e. The summed E-state index contributed by atoms with van der Waals surface area (Å²) in [5.41, 5.74) is 4.39. The van der Waals surface area contributed by atoms with Crippen molar-refractivity contribution >= 4 is 28.6 Å². The number of hydrogen-bond donors (Lipinski definition) is 3. The van der Waals surface area contributed by atoms with Crippen LogP contribution in [0.25, 0.3) is 10.9 Å². The molecule has 2 aromatic carbocycles. The number of piperidine rings is 2. The largest absolute Gasteiger partial charge is 0.480 e. The van der Waals surface area contributed by atoms with Gasteiger partial charge in [0.2, 0.25) is 0 Å². The Morgan fingerprint density at radius 1 is 1.00 bits per heavy atom. The maximum Gasteiger partial charge on any atom is 0.321 e. The van der Waals surface area contributed by atoms with E-state index >= 15 is 0 Å². The van der Waals surface area contributed by atoms with Gasteiger partial charge in [-0.15, -0.1) is 0 Å². The zero-order valence-corrected chi connectivity index (χ0v) is 20.2. The van der Waals surface area contributed by atoms with Crippen molar-refractivity contribution in [3.8, 4) is 0 Å². The molecule has 3 aromatic rings. The van der Waals surface area contributed by atoms with E-state index in [-0.39, 0.29) is 11.9 Å². The van der Waals surface area contributed by atoms with Crippen LogP contribution < -0.4 is 5.32 Å². The number of carboxylic acid groups (broad SMARTS) is 1. The van der Waals surface area contributed by atoms with Gasteiger partial charge in [-0.25, -0.2) is 4.79 Å². The van der Waals surface area contributed by atoms with Gasteiger partial charge in [0.15, 0.2) is 0 Å². The van der Waals surface area contributed by atoms with Crippen molar-refractivity contribution in [3.63, 3.8) is 0 Å². The highest BCUT2D eigenvalue weighted by Crippen LogP contribution is 2.35. The number of nitrogens with zero attached hydrogens (tertiary/aromatic N) is 2. The maximum absolute atomic E-state index is 12.7. The molecule has 2 aliphatic rings. The molecule has 2 aliphatic heterocycles. The third-order valence-corrected chi connectivity index (χ3v) is 7.78. The number of amides is 2. The average Bonchev–Trinajstić information content (AvgIpc) is 3.29. The Bertz CT molecular complexity index is 1190. The van der Waals surface area contributed by atoms with Gasteiger partial charge in [0.25, 0.3) is 0 Å². The van der Waals surface area contributed by atoms with Gasteiger partial charge in [-0.3, -0.25) is 9.69 Å². The van der Waals surface area contributed by atoms with Crippen molar-refractivity contribution in [1.82, 2.24) is 14.8 Å². The molecule has 3 N–H and O–H groups in total. The summed E-state index contributed by atoms with van der Waals surface area (Å²) in [7, 11) is 0. The van der Waals surface area contributed by atoms with Crippen LogP contribution in [0.15, 0.2) is 54.7 Å². The SMILES string of the molecule is Cc1cccc(NC(=O)N2CCC(C(C(=O)O)N3CCC(c4c[nH]c5ccccc45)CC3)CC2)c1. The molecular formula is C28H34N4O3. The third kappa shape index (κ3) is 5.05. The predicted molar refractivity (Wildman–Crippen MR) is 138 cm³/mol. The predicted octanol–water partition coefficient (Wildman–Crippen LogP) is 5.05. The van der Waals surface area contributed by atoms with E-state index in [1.807, 2.05) is 37.3 Å². The third-order valence-electron chi connectivity index (χ3n) is 7.78. The summed E-state index contributed by atoms with van der Waals surface area (Å²) in [6.45, 7) is 4.73. The monoisotopic (exact) mass is 474 g/mol. The molecule has 3 heterocycles. The molecule has 2 amide bonds. The highest BCUT2D eigenvalue weighted by Gasteiger charge is 2.38. The zero-order chi connectivity index (χ0) is 24.4. The fraction of sp³-hybridized carbons (Fsp3) is 0.429. The first-order chi connectivity index (χ1) is 17.0. The number of para-hydroxylation sites is 1. The first-order valence-electron chi connectivity index (χ1n) is 12.6. The number of hydrogen-bond acceptors (Lipinski definition) is 3. The summed E-state index contributed by atoms with van der Waals surface area (Å²) in [5.74, 6) is -0.234. The summed E-state index contributed by atoms with van der Waals surface area (Å²) in [5, 5.41) is 14.4. The molecule has 0 aliphatic carbocycles. The van der Waals surface area contributed by atoms with Gasteiger partial charge in [-0.2, -0.15) is 0 Å². The van der Waals surface area contributed by atoms with Crippen LogP contribution in [0, 0.1) is 12.8 Å². The van der Waals surface area contributed by atoms with Crippen LogP contribution in [0.2, 0.25) is 0 Å². The van der Waals surface area contributed by atoms with E-state index < -0.39 is 12.0 Å². The van der Waals surface area contributed by atoms with Crippen LogP contribution in [0.4, 0.5) is 10.5 Å². The number of aryl methyl sites for hydroxylation is 1. The number of aromatic nitrogens is 1. The number of urea groups is 1. The summed E-state index contributed by atoms with van der Waals surface area (Å²) >= 11 is 0. The molecule has 0 spiro atoms. The highest BCUT2D eigenvalue weighted by atomic mass is 16.4. The number of aromatic amines is 1. The van der Waals surface area contributed by atoms with E-state index in [1.54, 1.807) is 4.90 Å². The van der Waals surface area contributed by atoms with Crippen LogP contribution in [-0.4, -0.2) is 64.1 Å². The quantitative estimate of drug-likeness (QED) is 0.483. The molecule has 1 aromatic heterocycles. The number of carbonyl (C=O) groups excluding carboxylic acids is 1. The molecule has 2 saturated heterocycles. The van der Waals surface area contributed by atoms with Crippen LogP contribution >= 0.6 is 0 Å². The van der Waals surface area contributed by atoms with Crippen LogP contribution in [0.1, 0.15) is 42.7 Å². The van der Waals surface area contributed by atoms with E-state index in [1.165, 1.54) is 10.9 Å². The number of H-pyrrole nitrogens is 1. The van der Waals surface area contributed by atoms with Crippen molar-refractivity contribution in [2.24, 2.45) is 5.92 Å². The van der Waals surface area contributed by atoms with Crippen molar-refractivity contribution in [2.45, 2.75) is 44.6 Å². The van der Waals surface area contributed by atoms with Gasteiger partial charge in [0.1, 0.15) is 6.04 Å². The van der Waals surface area contributed by atoms with Gasteiger partial charge in [-0.05, 0) is 86.9 Å². The number of likely N-dealkylation sites (tertiary alicyclic amines) is 2. The summed E-state index contributed by atoms with van der Waals surface area (Å²) in [6, 6.07) is 15.5. The normalized spacial score (nSPS) is 19.1. The molecule has 0 bridgehead atoms. The lowest BCUT2D eigenvalue weighted by Crippen LogP contribution is -2.52. The first-order valence-corrected chi connectivity index (χ1v) is 12.6. The molecule has 7 nitrogen and oxygen atoms in total. The van der Waals surface area contributed by atoms with Crippen molar-refractivity contribution < 1.29 is 14.7 Å². The first kappa shape index (κ1) is 23.4. The van der Waals surface area contributed by atoms with Gasteiger partial charge in [0, 0.05) is 35.9 Å². The van der Waals surface area contributed by atoms with Crippen LogP contribution in [0.5, 0.6) is 0 Å². The second-order valence-electron chi connectivity index (χ2n) is 10.0. The number of benzene rings is 2. The molecular weight excluding hydrogens is 440 g/mol. The number of nitrogens with one attached hydrogen (secondary N) is 2. The van der Waals surface area contributed by atoms with E-state index in [9.17, 15) is 14.7 Å². The summed E-state index contributed by atoms with van der Waals surface area (Å²) in [4.78, 5) is 32.4. The lowest BCUT2D eigenvalue weighted by Gasteiger charge is -2.41. The Hall–Kier alpha value is -3.32. The van der Waals surface area contributed by atoms with Crippen molar-refractivity contribution in [1.29, 1.82) is 0 Å². The highest BCUT2D eigenvalue weighted by molar-refractivity contribution is 5.89. The number of rotatable bonds is 5. The van der Waals surface area contributed by atoms with Crippen molar-refractivity contribution in [2.75, 3.05) is 31.5 Å². The fourth-order valence-corrected chi connectivity index (χ4v) is 5.92. The maximum atomic E-state index is 12.7. The number of carboxylic acids is 1. The number of anilines is 1. The molecule has 1 unspecified atom stereocenters. The fourth-order valence-electron chi connectivity index (χ4n) is 5.92. The molecule has 0 saturated carbocycles. The average molecular weight is 475 g/mol. The lowest BCUT2D eigenvalue weighted by molar-refractivity contribution is -0.146. The molecule has 1 atom stereocenters. The summed E-state index contributed by atoms with van der Waals surface area (Å²) in [6.07, 6.45) is 5.46. The van der Waals surface area contributed by atoms with E-state index in [0.29, 0.717) is 31.8 Å². The second kappa shape index (κ2) is 10.1. The minimum atomic E-state index is -0.738. The van der Waals surface area contributed by atoms with Gasteiger partial charge < -0.3 is 20.3 Å². The van der Waals surface area contributed by atoms with Gasteiger partial charge in [-0.1, -0.05) is 30.3 Å². The number of carbonyl (C=O) groups is 2. The smallest absolute Gasteiger partial charge is 0.321 e. The Balaban J connectivity index is 1.17. The van der Waals surface area contributed by atoms with Crippen molar-refractivity contribution in [3.05, 3.63) is 65.9 Å². The minimum absolute atomic E-state index is 0.0557. The Labute approximate surface area is 206 Å². The standard InChI is InChI=1S/C28H34N4O3/c1-19-5-4-6-22(17-19)30-28(35)32-15-11-21(12-16-32)26(27(33)34)31-13-9-20(10-14-31)24-18-29-25-8-3-2-7-23(24)25/h2-8,17-18,20-21,26,29H,9-16H2,1H3,(H,30,35)(H,33,34). The molecule has 184 valence electrons. The molecule has 0 radical (unpaired) electrons.